The highest BCUT2D eigenvalue weighted by atomic mass is 79.9. The van der Waals surface area contributed by atoms with E-state index in [1.54, 1.807) is 6.20 Å². The second-order valence-electron chi connectivity index (χ2n) is 3.11. The zero-order valence-electron chi connectivity index (χ0n) is 7.74. The summed E-state index contributed by atoms with van der Waals surface area (Å²) in [6.45, 7) is 3.24. The van der Waals surface area contributed by atoms with E-state index in [1.807, 2.05) is 10.1 Å². The molecule has 5 nitrogen and oxygen atoms in total. The predicted octanol–water partition coefficient (Wildman–Crippen LogP) is 0.0902. The lowest BCUT2D eigenvalue weighted by Crippen LogP contribution is -2.42. The van der Waals surface area contributed by atoms with Gasteiger partial charge in [-0.25, -0.2) is 0 Å². The highest BCUT2D eigenvalue weighted by Crippen LogP contribution is 2.20. The normalized spacial score (nSPS) is 22.6. The summed E-state index contributed by atoms with van der Waals surface area (Å²) in [4.78, 5) is 2.18. The third kappa shape index (κ3) is 1.80. The zero-order valence-corrected chi connectivity index (χ0v) is 9.33. The lowest BCUT2D eigenvalue weighted by molar-refractivity contribution is 0.0464. The molecule has 2 aliphatic heterocycles. The Balaban J connectivity index is 2.13. The first-order valence-electron chi connectivity index (χ1n) is 4.49. The molecule has 0 amide bonds. The Morgan fingerprint density at radius 3 is 2.79 bits per heavy atom. The van der Waals surface area contributed by atoms with Crippen LogP contribution in [0.25, 0.3) is 0 Å². The number of morpholine rings is 1. The largest absolute Gasteiger partial charge is 0.382 e. The van der Waals surface area contributed by atoms with Crippen molar-refractivity contribution >= 4 is 16.1 Å². The number of rotatable bonds is 1. The van der Waals surface area contributed by atoms with Gasteiger partial charge >= 0.3 is 0 Å². The van der Waals surface area contributed by atoms with Crippen molar-refractivity contribution in [3.63, 3.8) is 0 Å². The second kappa shape index (κ2) is 4.10. The smallest absolute Gasteiger partial charge is 0.160 e. The lowest BCUT2D eigenvalue weighted by atomic mass is 10.4. The number of hydrogen-bond donors (Lipinski definition) is 2. The molecule has 0 unspecified atom stereocenters. The Kier molecular flexibility index (Phi) is 2.83. The highest BCUT2D eigenvalue weighted by Gasteiger charge is 2.21. The van der Waals surface area contributed by atoms with Crippen LogP contribution in [-0.4, -0.2) is 35.1 Å². The summed E-state index contributed by atoms with van der Waals surface area (Å²) in [5.74, 6) is 1.61. The van der Waals surface area contributed by atoms with Crippen LogP contribution in [0.5, 0.6) is 0 Å². The number of nitrogens with zero attached hydrogens (tertiary/aromatic N) is 2. The summed E-state index contributed by atoms with van der Waals surface area (Å²) in [5, 5.41) is 2.98. The van der Waals surface area contributed by atoms with Crippen LogP contribution in [0.3, 0.4) is 0 Å². The quantitative estimate of drug-likeness (QED) is 0.655. The average Bonchev–Trinajstić information content (AvgIpc) is 2.19. The van der Waals surface area contributed by atoms with Crippen LogP contribution < -0.4 is 11.1 Å². The van der Waals surface area contributed by atoms with E-state index >= 15 is 0 Å². The van der Waals surface area contributed by atoms with Crippen molar-refractivity contribution in [2.45, 2.75) is 0 Å². The molecule has 3 N–H and O–H groups in total. The fourth-order valence-corrected chi connectivity index (χ4v) is 2.06. The molecule has 1 saturated heterocycles. The molecular formula is C8H13BrN4O. The van der Waals surface area contributed by atoms with Gasteiger partial charge in [-0.05, 0) is 0 Å². The first-order valence-corrected chi connectivity index (χ1v) is 5.20. The molecule has 6 heteroatoms. The van der Waals surface area contributed by atoms with E-state index in [4.69, 9.17) is 10.5 Å². The summed E-state index contributed by atoms with van der Waals surface area (Å²) >= 11 is 3.42. The molecule has 0 radical (unpaired) electrons. The lowest BCUT2D eigenvalue weighted by Gasteiger charge is -2.35. The van der Waals surface area contributed by atoms with Gasteiger partial charge in [0.05, 0.1) is 29.4 Å². The molecule has 0 aromatic rings. The van der Waals surface area contributed by atoms with E-state index in [1.165, 1.54) is 0 Å². The van der Waals surface area contributed by atoms with Gasteiger partial charge < -0.3 is 20.7 Å². The molecule has 2 rings (SSSR count). The fourth-order valence-electron chi connectivity index (χ4n) is 1.52. The van der Waals surface area contributed by atoms with Crippen LogP contribution >= 0.6 is 16.1 Å². The minimum Gasteiger partial charge on any atom is -0.382 e. The summed E-state index contributed by atoms with van der Waals surface area (Å²) in [5.41, 5.74) is 5.86. The Bertz CT molecular complexity index is 273. The minimum absolute atomic E-state index is 0.659. The highest BCUT2D eigenvalue weighted by molar-refractivity contribution is 9.07. The van der Waals surface area contributed by atoms with Crippen LogP contribution in [0.4, 0.5) is 0 Å². The van der Waals surface area contributed by atoms with Crippen molar-refractivity contribution in [3.05, 3.63) is 24.0 Å². The topological polar surface area (TPSA) is 53.8 Å². The van der Waals surface area contributed by atoms with Crippen LogP contribution in [0.1, 0.15) is 0 Å². The number of nitrogens with two attached hydrogens (primary N) is 1. The molecule has 0 saturated carbocycles. The van der Waals surface area contributed by atoms with Gasteiger partial charge in [-0.15, -0.1) is 0 Å². The Hall–Kier alpha value is -0.880. The van der Waals surface area contributed by atoms with Gasteiger partial charge in [0, 0.05) is 25.5 Å². The van der Waals surface area contributed by atoms with Crippen LogP contribution in [-0.2, 0) is 4.74 Å². The molecule has 0 atom stereocenters. The first-order chi connectivity index (χ1) is 6.79. The maximum atomic E-state index is 5.86. The summed E-state index contributed by atoms with van der Waals surface area (Å²) < 4.78 is 7.12. The van der Waals surface area contributed by atoms with Gasteiger partial charge in [-0.1, -0.05) is 0 Å². The standard InChI is InChI=1S/C8H13BrN4O/c9-13-2-1-11-7(10)8(13)12-3-5-14-6-4-12/h1-2,11H,3-6,10H2. The summed E-state index contributed by atoms with van der Waals surface area (Å²) in [6, 6.07) is 0. The van der Waals surface area contributed by atoms with Crippen LogP contribution in [0.15, 0.2) is 24.0 Å². The molecule has 1 fully saturated rings. The van der Waals surface area contributed by atoms with Crippen LogP contribution in [0.2, 0.25) is 0 Å². The number of halogens is 1. The monoisotopic (exact) mass is 260 g/mol. The van der Waals surface area contributed by atoms with Gasteiger partial charge in [0.1, 0.15) is 5.82 Å². The van der Waals surface area contributed by atoms with E-state index < -0.39 is 0 Å². The van der Waals surface area contributed by atoms with Crippen molar-refractivity contribution in [2.24, 2.45) is 5.73 Å². The Morgan fingerprint density at radius 2 is 2.14 bits per heavy atom. The molecule has 0 aliphatic carbocycles. The van der Waals surface area contributed by atoms with Gasteiger partial charge in [-0.2, -0.15) is 0 Å². The fraction of sp³-hybridized carbons (Fsp3) is 0.500. The van der Waals surface area contributed by atoms with Gasteiger partial charge in [0.2, 0.25) is 0 Å². The second-order valence-corrected chi connectivity index (χ2v) is 3.87. The molecule has 14 heavy (non-hydrogen) atoms. The number of ether oxygens (including phenoxy) is 1. The van der Waals surface area contributed by atoms with Crippen molar-refractivity contribution in [2.75, 3.05) is 26.3 Å². The SMILES string of the molecule is NC1=C(N2CCOCC2)N(Br)C=CN1. The predicted molar refractivity (Wildman–Crippen MR) is 56.6 cm³/mol. The Morgan fingerprint density at radius 1 is 1.43 bits per heavy atom. The maximum absolute atomic E-state index is 5.86. The Labute approximate surface area is 91.5 Å². The molecule has 0 aromatic heterocycles. The maximum Gasteiger partial charge on any atom is 0.160 e. The third-order valence-electron chi connectivity index (χ3n) is 2.20. The van der Waals surface area contributed by atoms with E-state index in [0.717, 1.165) is 32.1 Å². The van der Waals surface area contributed by atoms with Gasteiger partial charge in [-0.3, -0.25) is 3.93 Å². The van der Waals surface area contributed by atoms with Gasteiger partial charge in [0.25, 0.3) is 0 Å². The number of hydrogen-bond acceptors (Lipinski definition) is 5. The summed E-state index contributed by atoms with van der Waals surface area (Å²) in [6.07, 6.45) is 3.66. The van der Waals surface area contributed by atoms with Crippen molar-refractivity contribution in [1.82, 2.24) is 14.1 Å². The van der Waals surface area contributed by atoms with E-state index in [0.29, 0.717) is 5.82 Å². The molecule has 0 aromatic carbocycles. The third-order valence-corrected chi connectivity index (χ3v) is 2.77. The van der Waals surface area contributed by atoms with E-state index in [-0.39, 0.29) is 0 Å². The van der Waals surface area contributed by atoms with Crippen molar-refractivity contribution in [1.29, 1.82) is 0 Å². The van der Waals surface area contributed by atoms with E-state index in [2.05, 4.69) is 26.4 Å². The number of nitrogens with one attached hydrogen (secondary N) is 1. The molecular weight excluding hydrogens is 248 g/mol. The summed E-state index contributed by atoms with van der Waals surface area (Å²) in [7, 11) is 0. The molecule has 0 bridgehead atoms. The van der Waals surface area contributed by atoms with Gasteiger partial charge in [0.15, 0.2) is 5.82 Å². The first kappa shape index (κ1) is 9.67. The molecule has 78 valence electrons. The van der Waals surface area contributed by atoms with Crippen molar-refractivity contribution < 1.29 is 4.74 Å². The van der Waals surface area contributed by atoms with Crippen molar-refractivity contribution in [3.8, 4) is 0 Å². The molecule has 2 aliphatic rings. The van der Waals surface area contributed by atoms with E-state index in [9.17, 15) is 0 Å². The molecule has 0 spiro atoms. The zero-order chi connectivity index (χ0) is 9.97. The average molecular weight is 261 g/mol. The molecule has 2 heterocycles. The van der Waals surface area contributed by atoms with Crippen LogP contribution in [0, 0.1) is 0 Å². The minimum atomic E-state index is 0.659.